The Morgan fingerprint density at radius 1 is 1.29 bits per heavy atom. The summed E-state index contributed by atoms with van der Waals surface area (Å²) in [5.41, 5.74) is 0. The van der Waals surface area contributed by atoms with Crippen molar-refractivity contribution in [3.63, 3.8) is 0 Å². The lowest BCUT2D eigenvalue weighted by Gasteiger charge is -2.29. The van der Waals surface area contributed by atoms with Crippen molar-refractivity contribution < 1.29 is 14.7 Å². The molecule has 0 spiro atoms. The van der Waals surface area contributed by atoms with Gasteiger partial charge in [0.15, 0.2) is 0 Å². The van der Waals surface area contributed by atoms with E-state index < -0.39 is 5.97 Å². The number of nitrogens with one attached hydrogen (secondary N) is 1. The summed E-state index contributed by atoms with van der Waals surface area (Å²) in [4.78, 5) is 21.8. The van der Waals surface area contributed by atoms with Crippen LogP contribution in [0.2, 0.25) is 0 Å². The van der Waals surface area contributed by atoms with Crippen LogP contribution in [0.25, 0.3) is 0 Å². The number of carboxylic acids is 1. The highest BCUT2D eigenvalue weighted by Gasteiger charge is 2.22. The van der Waals surface area contributed by atoms with Gasteiger partial charge in [0.2, 0.25) is 5.91 Å². The highest BCUT2D eigenvalue weighted by atomic mass is 16.4. The molecule has 2 N–H and O–H groups in total. The molecule has 0 aromatic heterocycles. The van der Waals surface area contributed by atoms with Gasteiger partial charge in [-0.05, 0) is 25.2 Å². The average Bonchev–Trinajstić information content (AvgIpc) is 2.34. The minimum absolute atomic E-state index is 0.182. The van der Waals surface area contributed by atoms with E-state index in [2.05, 4.69) is 12.2 Å². The molecule has 1 unspecified atom stereocenters. The summed E-state index contributed by atoms with van der Waals surface area (Å²) < 4.78 is 0. The Morgan fingerprint density at radius 2 is 1.94 bits per heavy atom. The van der Waals surface area contributed by atoms with Crippen molar-refractivity contribution >= 4 is 11.9 Å². The summed E-state index contributed by atoms with van der Waals surface area (Å²) in [6.45, 7) is 2.06. The van der Waals surface area contributed by atoms with Crippen LogP contribution < -0.4 is 5.32 Å². The van der Waals surface area contributed by atoms with E-state index in [1.165, 1.54) is 32.1 Å². The van der Waals surface area contributed by atoms with Crippen molar-refractivity contribution in [2.24, 2.45) is 5.92 Å². The van der Waals surface area contributed by atoms with E-state index in [0.29, 0.717) is 5.92 Å². The van der Waals surface area contributed by atoms with Crippen molar-refractivity contribution in [3.8, 4) is 0 Å². The average molecular weight is 239 g/mol. The van der Waals surface area contributed by atoms with Gasteiger partial charge in [-0.25, -0.2) is 4.79 Å². The number of aliphatic carboxylic acids is 1. The standard InChI is InChI=1S/C13H21NO3/c1-2-11(10-6-4-3-5-7-10)14-12(15)8-9-13(16)17/h8-11H,2-7H2,1H3,(H,14,15)(H,16,17). The third-order valence-corrected chi connectivity index (χ3v) is 3.36. The Morgan fingerprint density at radius 3 is 2.47 bits per heavy atom. The fourth-order valence-corrected chi connectivity index (χ4v) is 2.47. The SMILES string of the molecule is CCC(NC(=O)C=CC(=O)O)C1CCCCC1. The second-order valence-electron chi connectivity index (χ2n) is 4.59. The first kappa shape index (κ1) is 13.7. The van der Waals surface area contributed by atoms with Gasteiger partial charge in [-0.2, -0.15) is 0 Å². The van der Waals surface area contributed by atoms with E-state index in [1.807, 2.05) is 0 Å². The molecule has 0 aromatic carbocycles. The minimum atomic E-state index is -1.09. The molecule has 1 atom stereocenters. The molecular formula is C13H21NO3. The van der Waals surface area contributed by atoms with Crippen LogP contribution in [0, 0.1) is 5.92 Å². The van der Waals surface area contributed by atoms with Gasteiger partial charge < -0.3 is 10.4 Å². The Bertz CT molecular complexity index is 293. The summed E-state index contributed by atoms with van der Waals surface area (Å²) in [6.07, 6.45) is 8.97. The van der Waals surface area contributed by atoms with Crippen molar-refractivity contribution in [3.05, 3.63) is 12.2 Å². The monoisotopic (exact) mass is 239 g/mol. The van der Waals surface area contributed by atoms with Gasteiger partial charge >= 0.3 is 5.97 Å². The first-order chi connectivity index (χ1) is 8.13. The van der Waals surface area contributed by atoms with Crippen LogP contribution >= 0.6 is 0 Å². The number of hydrogen-bond acceptors (Lipinski definition) is 2. The van der Waals surface area contributed by atoms with E-state index in [0.717, 1.165) is 18.6 Å². The summed E-state index contributed by atoms with van der Waals surface area (Å²) in [7, 11) is 0. The molecule has 1 rings (SSSR count). The first-order valence-electron chi connectivity index (χ1n) is 6.35. The molecule has 1 amide bonds. The number of hydrogen-bond donors (Lipinski definition) is 2. The quantitative estimate of drug-likeness (QED) is 0.722. The predicted octanol–water partition coefficient (Wildman–Crippen LogP) is 2.10. The maximum absolute atomic E-state index is 11.5. The van der Waals surface area contributed by atoms with Crippen LogP contribution in [0.15, 0.2) is 12.2 Å². The molecule has 0 aliphatic heterocycles. The van der Waals surface area contributed by atoms with Gasteiger partial charge in [-0.1, -0.05) is 26.2 Å². The van der Waals surface area contributed by atoms with Crippen LogP contribution in [0.1, 0.15) is 45.4 Å². The topological polar surface area (TPSA) is 66.4 Å². The number of carbonyl (C=O) groups is 2. The zero-order valence-electron chi connectivity index (χ0n) is 10.3. The lowest BCUT2D eigenvalue weighted by atomic mass is 9.83. The normalized spacial score (nSPS) is 19.1. The molecule has 0 aromatic rings. The van der Waals surface area contributed by atoms with Crippen LogP contribution in [0.3, 0.4) is 0 Å². The van der Waals surface area contributed by atoms with Crippen LogP contribution in [0.5, 0.6) is 0 Å². The number of rotatable bonds is 5. The van der Waals surface area contributed by atoms with Gasteiger partial charge in [0.05, 0.1) is 0 Å². The third-order valence-electron chi connectivity index (χ3n) is 3.36. The van der Waals surface area contributed by atoms with Gasteiger partial charge in [0.25, 0.3) is 0 Å². The summed E-state index contributed by atoms with van der Waals surface area (Å²) in [6, 6.07) is 0.182. The number of amides is 1. The smallest absolute Gasteiger partial charge is 0.328 e. The summed E-state index contributed by atoms with van der Waals surface area (Å²) >= 11 is 0. The van der Waals surface area contributed by atoms with Gasteiger partial charge in [0, 0.05) is 18.2 Å². The Hall–Kier alpha value is -1.32. The molecule has 4 nitrogen and oxygen atoms in total. The summed E-state index contributed by atoms with van der Waals surface area (Å²) in [5, 5.41) is 11.3. The lowest BCUT2D eigenvalue weighted by molar-refractivity contribution is -0.131. The minimum Gasteiger partial charge on any atom is -0.478 e. The molecule has 0 radical (unpaired) electrons. The van der Waals surface area contributed by atoms with Crippen molar-refractivity contribution in [1.29, 1.82) is 0 Å². The second-order valence-corrected chi connectivity index (χ2v) is 4.59. The van der Waals surface area contributed by atoms with Crippen LogP contribution in [0.4, 0.5) is 0 Å². The molecule has 0 heterocycles. The van der Waals surface area contributed by atoms with Crippen molar-refractivity contribution in [1.82, 2.24) is 5.32 Å². The summed E-state index contributed by atoms with van der Waals surface area (Å²) in [5.74, 6) is -0.841. The second kappa shape index (κ2) is 7.09. The van der Waals surface area contributed by atoms with Crippen molar-refractivity contribution in [2.75, 3.05) is 0 Å². The molecule has 1 fully saturated rings. The molecule has 1 saturated carbocycles. The molecule has 1 aliphatic rings. The molecule has 17 heavy (non-hydrogen) atoms. The lowest BCUT2D eigenvalue weighted by Crippen LogP contribution is -2.39. The Balaban J connectivity index is 2.45. The molecule has 1 aliphatic carbocycles. The molecule has 4 heteroatoms. The molecular weight excluding hydrogens is 218 g/mol. The number of carboxylic acid groups (broad SMARTS) is 1. The fourth-order valence-electron chi connectivity index (χ4n) is 2.47. The third kappa shape index (κ3) is 5.02. The largest absolute Gasteiger partial charge is 0.478 e. The Labute approximate surface area is 102 Å². The van der Waals surface area contributed by atoms with E-state index in [9.17, 15) is 9.59 Å². The zero-order chi connectivity index (χ0) is 12.7. The van der Waals surface area contributed by atoms with Crippen LogP contribution in [-0.2, 0) is 9.59 Å². The van der Waals surface area contributed by atoms with Gasteiger partial charge in [-0.15, -0.1) is 0 Å². The van der Waals surface area contributed by atoms with E-state index >= 15 is 0 Å². The van der Waals surface area contributed by atoms with E-state index in [1.54, 1.807) is 0 Å². The molecule has 0 bridgehead atoms. The number of carbonyl (C=O) groups excluding carboxylic acids is 1. The maximum Gasteiger partial charge on any atom is 0.328 e. The van der Waals surface area contributed by atoms with Crippen LogP contribution in [-0.4, -0.2) is 23.0 Å². The maximum atomic E-state index is 11.5. The molecule has 96 valence electrons. The van der Waals surface area contributed by atoms with E-state index in [-0.39, 0.29) is 11.9 Å². The van der Waals surface area contributed by atoms with Crippen molar-refractivity contribution in [2.45, 2.75) is 51.5 Å². The van der Waals surface area contributed by atoms with E-state index in [4.69, 9.17) is 5.11 Å². The predicted molar refractivity (Wildman–Crippen MR) is 65.6 cm³/mol. The first-order valence-corrected chi connectivity index (χ1v) is 6.35. The highest BCUT2D eigenvalue weighted by Crippen LogP contribution is 2.27. The van der Waals surface area contributed by atoms with Gasteiger partial charge in [0.1, 0.15) is 0 Å². The fraction of sp³-hybridized carbons (Fsp3) is 0.692. The highest BCUT2D eigenvalue weighted by molar-refractivity contribution is 5.93. The zero-order valence-corrected chi connectivity index (χ0v) is 10.3. The van der Waals surface area contributed by atoms with Gasteiger partial charge in [-0.3, -0.25) is 4.79 Å². The Kier molecular flexibility index (Phi) is 5.73. The molecule has 0 saturated heterocycles.